The summed E-state index contributed by atoms with van der Waals surface area (Å²) in [7, 11) is 0. The van der Waals surface area contributed by atoms with E-state index in [2.05, 4.69) is 15.3 Å². The summed E-state index contributed by atoms with van der Waals surface area (Å²) in [6, 6.07) is 4.46. The molecule has 0 spiro atoms. The van der Waals surface area contributed by atoms with Crippen molar-refractivity contribution in [1.82, 2.24) is 14.9 Å². The Morgan fingerprint density at radius 1 is 1.32 bits per heavy atom. The molecule has 3 rings (SSSR count). The van der Waals surface area contributed by atoms with Crippen LogP contribution < -0.4 is 5.32 Å². The molecule has 2 aromatic rings. The van der Waals surface area contributed by atoms with Gasteiger partial charge in [0.05, 0.1) is 17.3 Å². The molecule has 0 saturated heterocycles. The number of nitrogens with zero attached hydrogens (tertiary/aromatic N) is 3. The van der Waals surface area contributed by atoms with E-state index in [0.29, 0.717) is 11.8 Å². The van der Waals surface area contributed by atoms with Crippen molar-refractivity contribution in [2.45, 2.75) is 19.1 Å². The van der Waals surface area contributed by atoms with Crippen LogP contribution in [0, 0.1) is 0 Å². The minimum atomic E-state index is -4.64. The molecule has 1 aromatic heterocycles. The normalized spacial score (nSPS) is 16.9. The Morgan fingerprint density at radius 2 is 2.08 bits per heavy atom. The number of hydrogen-bond acceptors (Lipinski definition) is 4. The minimum Gasteiger partial charge on any atom is -0.339 e. The van der Waals surface area contributed by atoms with Crippen molar-refractivity contribution in [2.75, 3.05) is 18.5 Å². The zero-order chi connectivity index (χ0) is 18.2. The zero-order valence-corrected chi connectivity index (χ0v) is 13.1. The summed E-state index contributed by atoms with van der Waals surface area (Å²) in [6.45, 7) is 0.974. The van der Waals surface area contributed by atoms with Crippen molar-refractivity contribution in [2.24, 2.45) is 0 Å². The van der Waals surface area contributed by atoms with Crippen molar-refractivity contribution >= 4 is 17.4 Å². The van der Waals surface area contributed by atoms with Crippen LogP contribution in [0.5, 0.6) is 0 Å². The Balaban J connectivity index is 2.02. The lowest BCUT2D eigenvalue weighted by molar-refractivity contribution is -0.137. The van der Waals surface area contributed by atoms with Crippen LogP contribution in [-0.4, -0.2) is 34.0 Å². The number of hydrogen-bond donors (Lipinski definition) is 1. The molecule has 1 atom stereocenters. The third kappa shape index (κ3) is 3.01. The summed E-state index contributed by atoms with van der Waals surface area (Å²) in [6.07, 6.45) is -2.99. The monoisotopic (exact) mass is 354 g/mol. The quantitative estimate of drug-likeness (QED) is 0.850. The zero-order valence-electron chi connectivity index (χ0n) is 13.1. The van der Waals surface area contributed by atoms with E-state index in [0.717, 1.165) is 6.33 Å². The molecular weight excluding hydrogens is 340 g/mol. The molecule has 1 aliphatic heterocycles. The smallest absolute Gasteiger partial charge is 0.339 e. The molecule has 1 aromatic carbocycles. The van der Waals surface area contributed by atoms with Crippen LogP contribution in [0.15, 0.2) is 30.7 Å². The molecule has 5 nitrogen and oxygen atoms in total. The van der Waals surface area contributed by atoms with Crippen LogP contribution in [0.4, 0.5) is 29.1 Å². The summed E-state index contributed by atoms with van der Waals surface area (Å²) in [5.41, 5.74) is 0.0212. The van der Waals surface area contributed by atoms with Gasteiger partial charge in [-0.3, -0.25) is 4.79 Å². The molecule has 0 aliphatic carbocycles. The summed E-state index contributed by atoms with van der Waals surface area (Å²) in [5.74, 6) is -0.869. The second kappa shape index (κ2) is 6.30. The molecule has 25 heavy (non-hydrogen) atoms. The number of benzene rings is 1. The third-order valence-corrected chi connectivity index (χ3v) is 4.09. The summed E-state index contributed by atoms with van der Waals surface area (Å²) in [5, 5.41) is 2.58. The highest BCUT2D eigenvalue weighted by Gasteiger charge is 2.37. The van der Waals surface area contributed by atoms with Gasteiger partial charge in [-0.1, -0.05) is 12.1 Å². The maximum Gasteiger partial charge on any atom is 0.421 e. The maximum atomic E-state index is 13.1. The van der Waals surface area contributed by atoms with Gasteiger partial charge in [0, 0.05) is 12.7 Å². The average molecular weight is 354 g/mol. The molecule has 132 valence electrons. The standard InChI is InChI=1S/C16H14F4N4O/c1-9-10-3-2-4-12(13(10)15(25)24(9)6-5-17)23-14-11(16(18,19)20)7-21-8-22-14/h2-4,7-9H,5-6H2,1H3,(H,21,22,23). The van der Waals surface area contributed by atoms with Crippen molar-refractivity contribution in [3.05, 3.63) is 47.4 Å². The molecule has 2 heterocycles. The fourth-order valence-electron chi connectivity index (χ4n) is 2.90. The number of carbonyl (C=O) groups excluding carboxylic acids is 1. The van der Waals surface area contributed by atoms with Gasteiger partial charge in [-0.15, -0.1) is 0 Å². The molecule has 0 saturated carbocycles. The molecular formula is C16H14F4N4O. The number of nitrogens with one attached hydrogen (secondary N) is 1. The highest BCUT2D eigenvalue weighted by molar-refractivity contribution is 6.04. The molecule has 0 fully saturated rings. The lowest BCUT2D eigenvalue weighted by Crippen LogP contribution is -2.28. The second-order valence-corrected chi connectivity index (χ2v) is 5.54. The first-order valence-corrected chi connectivity index (χ1v) is 7.48. The van der Waals surface area contributed by atoms with Crippen LogP contribution in [-0.2, 0) is 6.18 Å². The van der Waals surface area contributed by atoms with E-state index in [1.54, 1.807) is 19.1 Å². The molecule has 1 N–H and O–H groups in total. The van der Waals surface area contributed by atoms with E-state index in [4.69, 9.17) is 0 Å². The van der Waals surface area contributed by atoms with Crippen LogP contribution in [0.1, 0.15) is 34.5 Å². The number of rotatable bonds is 4. The molecule has 1 aliphatic rings. The fraction of sp³-hybridized carbons (Fsp3) is 0.312. The summed E-state index contributed by atoms with van der Waals surface area (Å²) < 4.78 is 52.0. The lowest BCUT2D eigenvalue weighted by atomic mass is 10.0. The predicted molar refractivity (Wildman–Crippen MR) is 82.2 cm³/mol. The Bertz CT molecular complexity index is 809. The van der Waals surface area contributed by atoms with Crippen molar-refractivity contribution in [3.63, 3.8) is 0 Å². The van der Waals surface area contributed by atoms with Crippen LogP contribution in [0.25, 0.3) is 0 Å². The first-order chi connectivity index (χ1) is 11.8. The third-order valence-electron chi connectivity index (χ3n) is 4.09. The van der Waals surface area contributed by atoms with Gasteiger partial charge in [0.1, 0.15) is 24.4 Å². The predicted octanol–water partition coefficient (Wildman–Crippen LogP) is 3.73. The number of fused-ring (bicyclic) bond motifs is 1. The van der Waals surface area contributed by atoms with Crippen LogP contribution >= 0.6 is 0 Å². The lowest BCUT2D eigenvalue weighted by Gasteiger charge is -2.20. The topological polar surface area (TPSA) is 58.1 Å². The number of amides is 1. The Morgan fingerprint density at radius 3 is 2.76 bits per heavy atom. The number of anilines is 2. The highest BCUT2D eigenvalue weighted by atomic mass is 19.4. The van der Waals surface area contributed by atoms with Crippen LogP contribution in [0.2, 0.25) is 0 Å². The summed E-state index contributed by atoms with van der Waals surface area (Å²) >= 11 is 0. The van der Waals surface area contributed by atoms with Crippen LogP contribution in [0.3, 0.4) is 0 Å². The largest absolute Gasteiger partial charge is 0.421 e. The second-order valence-electron chi connectivity index (χ2n) is 5.54. The molecule has 1 amide bonds. The Kier molecular flexibility index (Phi) is 4.32. The molecule has 9 heteroatoms. The first kappa shape index (κ1) is 17.1. The highest BCUT2D eigenvalue weighted by Crippen LogP contribution is 2.39. The van der Waals surface area contributed by atoms with Gasteiger partial charge in [-0.2, -0.15) is 13.2 Å². The van der Waals surface area contributed by atoms with E-state index >= 15 is 0 Å². The fourth-order valence-corrected chi connectivity index (χ4v) is 2.90. The molecule has 1 unspecified atom stereocenters. The van der Waals surface area contributed by atoms with Gasteiger partial charge >= 0.3 is 6.18 Å². The van der Waals surface area contributed by atoms with Crippen molar-refractivity contribution in [1.29, 1.82) is 0 Å². The minimum absolute atomic E-state index is 0.0740. The van der Waals surface area contributed by atoms with Gasteiger partial charge in [-0.05, 0) is 18.6 Å². The maximum absolute atomic E-state index is 13.1. The summed E-state index contributed by atoms with van der Waals surface area (Å²) in [4.78, 5) is 20.9. The molecule has 0 bridgehead atoms. The van der Waals surface area contributed by atoms with Gasteiger partial charge in [0.2, 0.25) is 0 Å². The van der Waals surface area contributed by atoms with Gasteiger partial charge < -0.3 is 10.2 Å². The number of halogens is 4. The van der Waals surface area contributed by atoms with E-state index in [1.165, 1.54) is 11.0 Å². The van der Waals surface area contributed by atoms with E-state index < -0.39 is 30.1 Å². The Hall–Kier alpha value is -2.71. The molecule has 0 radical (unpaired) electrons. The average Bonchev–Trinajstić information content (AvgIpc) is 2.81. The van der Waals surface area contributed by atoms with Crippen molar-refractivity contribution < 1.29 is 22.4 Å². The van der Waals surface area contributed by atoms with Gasteiger partial charge in [0.15, 0.2) is 0 Å². The number of carbonyl (C=O) groups is 1. The van der Waals surface area contributed by atoms with E-state index in [1.807, 2.05) is 0 Å². The van der Waals surface area contributed by atoms with Gasteiger partial charge in [0.25, 0.3) is 5.91 Å². The first-order valence-electron chi connectivity index (χ1n) is 7.48. The van der Waals surface area contributed by atoms with E-state index in [9.17, 15) is 22.4 Å². The van der Waals surface area contributed by atoms with Gasteiger partial charge in [-0.25, -0.2) is 14.4 Å². The number of aromatic nitrogens is 2. The Labute approximate surface area is 140 Å². The van der Waals surface area contributed by atoms with E-state index in [-0.39, 0.29) is 23.8 Å². The number of alkyl halides is 4. The van der Waals surface area contributed by atoms with Crippen molar-refractivity contribution in [3.8, 4) is 0 Å². The SMILES string of the molecule is CC1c2cccc(Nc3ncncc3C(F)(F)F)c2C(=O)N1CCF.